The number of aromatic nitrogens is 2. The van der Waals surface area contributed by atoms with E-state index in [4.69, 9.17) is 0 Å². The van der Waals surface area contributed by atoms with Gasteiger partial charge in [-0.25, -0.2) is 17.1 Å². The number of pyridine rings is 2. The molecule has 146 valence electrons. The molecule has 8 heteroatoms. The Morgan fingerprint density at radius 1 is 1.11 bits per heavy atom. The second-order valence-corrected chi connectivity index (χ2v) is 9.04. The molecular formula is C20H21FN4O2S. The largest absolute Gasteiger partial charge is 0.382 e. The van der Waals surface area contributed by atoms with Crippen LogP contribution in [-0.4, -0.2) is 48.1 Å². The molecule has 0 saturated carbocycles. The van der Waals surface area contributed by atoms with Crippen molar-refractivity contribution in [1.82, 2.24) is 14.3 Å². The smallest absolute Gasteiger partial charge is 0.211 e. The highest BCUT2D eigenvalue weighted by molar-refractivity contribution is 7.88. The first-order valence-electron chi connectivity index (χ1n) is 9.11. The van der Waals surface area contributed by atoms with Crippen molar-refractivity contribution >= 4 is 26.5 Å². The lowest BCUT2D eigenvalue weighted by molar-refractivity contribution is 0.332. The number of anilines is 1. The molecule has 1 aliphatic heterocycles. The maximum absolute atomic E-state index is 14.3. The molecule has 1 saturated heterocycles. The van der Waals surface area contributed by atoms with Crippen molar-refractivity contribution in [3.63, 3.8) is 0 Å². The monoisotopic (exact) mass is 400 g/mol. The van der Waals surface area contributed by atoms with Crippen LogP contribution in [0.5, 0.6) is 0 Å². The molecule has 0 bridgehead atoms. The van der Waals surface area contributed by atoms with Gasteiger partial charge in [0.25, 0.3) is 0 Å². The van der Waals surface area contributed by atoms with E-state index in [1.54, 1.807) is 12.4 Å². The van der Waals surface area contributed by atoms with E-state index < -0.39 is 10.0 Å². The summed E-state index contributed by atoms with van der Waals surface area (Å²) in [6, 6.07) is 7.21. The van der Waals surface area contributed by atoms with Gasteiger partial charge in [0.15, 0.2) is 0 Å². The minimum absolute atomic E-state index is 0.135. The van der Waals surface area contributed by atoms with E-state index in [0.29, 0.717) is 31.5 Å². The average Bonchev–Trinajstić information content (AvgIpc) is 2.68. The summed E-state index contributed by atoms with van der Waals surface area (Å²) < 4.78 is 39.2. The molecule has 1 fully saturated rings. The standard InChI is InChI=1S/C20H21FN4O2S/c1-28(26,27)25-8-4-16(5-9-25)24-20-11-15(17-12-23-7-3-19(17)21)10-14-2-6-22-13-18(14)20/h2-3,6-7,10-13,16,24H,4-5,8-9H2,1H3. The normalized spacial score (nSPS) is 16.4. The second kappa shape index (κ2) is 7.44. The highest BCUT2D eigenvalue weighted by Gasteiger charge is 2.25. The Kier molecular flexibility index (Phi) is 4.99. The number of nitrogens with one attached hydrogen (secondary N) is 1. The van der Waals surface area contributed by atoms with Gasteiger partial charge in [0.1, 0.15) is 5.82 Å². The Labute approximate surface area is 163 Å². The zero-order valence-corrected chi connectivity index (χ0v) is 16.3. The van der Waals surface area contributed by atoms with Crippen LogP contribution < -0.4 is 5.32 Å². The first-order valence-corrected chi connectivity index (χ1v) is 11.0. The molecule has 3 heterocycles. The van der Waals surface area contributed by atoms with Crippen molar-refractivity contribution < 1.29 is 12.8 Å². The summed E-state index contributed by atoms with van der Waals surface area (Å²) in [5, 5.41) is 5.42. The number of benzene rings is 1. The first kappa shape index (κ1) is 18.8. The molecule has 1 N–H and O–H groups in total. The SMILES string of the molecule is CS(=O)(=O)N1CCC(Nc2cc(-c3cnccc3F)cc3ccncc23)CC1. The minimum Gasteiger partial charge on any atom is -0.382 e. The van der Waals surface area contributed by atoms with Crippen LogP contribution in [0.2, 0.25) is 0 Å². The highest BCUT2D eigenvalue weighted by atomic mass is 32.2. The molecule has 28 heavy (non-hydrogen) atoms. The van der Waals surface area contributed by atoms with Crippen molar-refractivity contribution in [3.05, 3.63) is 54.9 Å². The number of sulfonamides is 1. The summed E-state index contributed by atoms with van der Waals surface area (Å²) in [7, 11) is -3.16. The zero-order valence-electron chi connectivity index (χ0n) is 15.5. The van der Waals surface area contributed by atoms with E-state index in [-0.39, 0.29) is 11.9 Å². The summed E-state index contributed by atoms with van der Waals surface area (Å²) >= 11 is 0. The van der Waals surface area contributed by atoms with Crippen molar-refractivity contribution in [2.45, 2.75) is 18.9 Å². The van der Waals surface area contributed by atoms with Crippen LogP contribution in [0, 0.1) is 5.82 Å². The van der Waals surface area contributed by atoms with Gasteiger partial charge in [0, 0.05) is 60.6 Å². The van der Waals surface area contributed by atoms with Crippen molar-refractivity contribution in [2.24, 2.45) is 0 Å². The fourth-order valence-electron chi connectivity index (χ4n) is 3.62. The van der Waals surface area contributed by atoms with Crippen molar-refractivity contribution in [3.8, 4) is 11.1 Å². The average molecular weight is 400 g/mol. The minimum atomic E-state index is -3.16. The van der Waals surface area contributed by atoms with E-state index in [9.17, 15) is 12.8 Å². The molecule has 1 aromatic carbocycles. The number of piperidine rings is 1. The second-order valence-electron chi connectivity index (χ2n) is 7.06. The molecule has 0 aliphatic carbocycles. The third-order valence-corrected chi connectivity index (χ3v) is 6.42. The lowest BCUT2D eigenvalue weighted by Crippen LogP contribution is -2.41. The Bertz CT molecular complexity index is 1110. The number of nitrogens with zero attached hydrogens (tertiary/aromatic N) is 3. The Morgan fingerprint density at radius 3 is 2.54 bits per heavy atom. The number of hydrogen-bond donors (Lipinski definition) is 1. The molecule has 0 unspecified atom stereocenters. The van der Waals surface area contributed by atoms with Crippen LogP contribution in [-0.2, 0) is 10.0 Å². The van der Waals surface area contributed by atoms with Crippen LogP contribution in [0.3, 0.4) is 0 Å². The van der Waals surface area contributed by atoms with Gasteiger partial charge in [-0.1, -0.05) is 0 Å². The Hall–Kier alpha value is -2.58. The van der Waals surface area contributed by atoms with Crippen LogP contribution in [0.15, 0.2) is 49.1 Å². The fraction of sp³-hybridized carbons (Fsp3) is 0.300. The van der Waals surface area contributed by atoms with Gasteiger partial charge >= 0.3 is 0 Å². The summed E-state index contributed by atoms with van der Waals surface area (Å²) in [4.78, 5) is 8.26. The molecule has 0 amide bonds. The Balaban J connectivity index is 1.66. The van der Waals surface area contributed by atoms with E-state index in [1.807, 2.05) is 18.2 Å². The number of rotatable bonds is 4. The summed E-state index contributed by atoms with van der Waals surface area (Å²) in [5.41, 5.74) is 2.04. The van der Waals surface area contributed by atoms with Crippen LogP contribution in [0.25, 0.3) is 21.9 Å². The highest BCUT2D eigenvalue weighted by Crippen LogP contribution is 2.32. The van der Waals surface area contributed by atoms with E-state index in [2.05, 4.69) is 15.3 Å². The maximum atomic E-state index is 14.3. The number of hydrogen-bond acceptors (Lipinski definition) is 5. The maximum Gasteiger partial charge on any atom is 0.211 e. The third kappa shape index (κ3) is 3.83. The first-order chi connectivity index (χ1) is 13.4. The third-order valence-electron chi connectivity index (χ3n) is 5.12. The van der Waals surface area contributed by atoms with Crippen LogP contribution >= 0.6 is 0 Å². The van der Waals surface area contributed by atoms with Gasteiger partial charge < -0.3 is 5.32 Å². The molecule has 0 radical (unpaired) electrons. The lowest BCUT2D eigenvalue weighted by atomic mass is 10.00. The topological polar surface area (TPSA) is 75.2 Å². The summed E-state index contributed by atoms with van der Waals surface area (Å²) in [6.45, 7) is 0.979. The predicted molar refractivity (Wildman–Crippen MR) is 108 cm³/mol. The fourth-order valence-corrected chi connectivity index (χ4v) is 4.49. The van der Waals surface area contributed by atoms with E-state index in [0.717, 1.165) is 22.0 Å². The van der Waals surface area contributed by atoms with Gasteiger partial charge in [0.05, 0.1) is 6.26 Å². The predicted octanol–water partition coefficient (Wildman–Crippen LogP) is 3.27. The van der Waals surface area contributed by atoms with Gasteiger partial charge in [-0.05, 0) is 48.1 Å². The molecule has 0 atom stereocenters. The van der Waals surface area contributed by atoms with Crippen LogP contribution in [0.1, 0.15) is 12.8 Å². The van der Waals surface area contributed by atoms with E-state index >= 15 is 0 Å². The van der Waals surface area contributed by atoms with E-state index in [1.165, 1.54) is 29.0 Å². The molecule has 2 aromatic heterocycles. The molecule has 1 aliphatic rings. The van der Waals surface area contributed by atoms with Crippen molar-refractivity contribution in [1.29, 1.82) is 0 Å². The molecular weight excluding hydrogens is 379 g/mol. The summed E-state index contributed by atoms with van der Waals surface area (Å²) in [5.74, 6) is -0.323. The summed E-state index contributed by atoms with van der Waals surface area (Å²) in [6.07, 6.45) is 9.10. The Morgan fingerprint density at radius 2 is 1.82 bits per heavy atom. The van der Waals surface area contributed by atoms with Crippen LogP contribution in [0.4, 0.5) is 10.1 Å². The zero-order chi connectivity index (χ0) is 19.7. The van der Waals surface area contributed by atoms with Gasteiger partial charge in [-0.2, -0.15) is 0 Å². The molecule has 4 rings (SSSR count). The lowest BCUT2D eigenvalue weighted by Gasteiger charge is -2.31. The number of halogens is 1. The molecule has 6 nitrogen and oxygen atoms in total. The van der Waals surface area contributed by atoms with Gasteiger partial charge in [-0.15, -0.1) is 0 Å². The quantitative estimate of drug-likeness (QED) is 0.728. The van der Waals surface area contributed by atoms with Gasteiger partial charge in [-0.3, -0.25) is 9.97 Å². The van der Waals surface area contributed by atoms with Crippen molar-refractivity contribution in [2.75, 3.05) is 24.7 Å². The number of fused-ring (bicyclic) bond motifs is 1. The molecule has 3 aromatic rings. The van der Waals surface area contributed by atoms with Gasteiger partial charge in [0.2, 0.25) is 10.0 Å². The molecule has 0 spiro atoms.